The van der Waals surface area contributed by atoms with Crippen LogP contribution in [0.4, 0.5) is 4.39 Å². The number of aromatic nitrogens is 2. The van der Waals surface area contributed by atoms with Crippen LogP contribution in [0.3, 0.4) is 0 Å². The maximum atomic E-state index is 14.5. The molecule has 1 atom stereocenters. The summed E-state index contributed by atoms with van der Waals surface area (Å²) in [6.45, 7) is 2.84. The molecular formula is C15H19BrFN3O. The summed E-state index contributed by atoms with van der Waals surface area (Å²) in [6.07, 6.45) is 2.60. The Bertz CT molecular complexity index is 615. The van der Waals surface area contributed by atoms with E-state index in [0.29, 0.717) is 15.8 Å². The number of aryl methyl sites for hydroxylation is 1. The molecule has 0 aliphatic rings. The lowest BCUT2D eigenvalue weighted by Crippen LogP contribution is -2.26. The first-order chi connectivity index (χ1) is 10.1. The van der Waals surface area contributed by atoms with Crippen molar-refractivity contribution < 1.29 is 9.13 Å². The highest BCUT2D eigenvalue weighted by molar-refractivity contribution is 9.10. The van der Waals surface area contributed by atoms with E-state index in [1.54, 1.807) is 30.1 Å². The Balaban J connectivity index is 2.52. The molecule has 0 spiro atoms. The quantitative estimate of drug-likeness (QED) is 0.862. The largest absolute Gasteiger partial charge is 0.493 e. The van der Waals surface area contributed by atoms with Crippen molar-refractivity contribution in [3.8, 4) is 5.75 Å². The molecule has 1 aromatic carbocycles. The van der Waals surface area contributed by atoms with Crippen LogP contribution in [0, 0.1) is 5.82 Å². The number of halogens is 2. The SMILES string of the molecule is CCCNC(c1cccc(Br)c1F)c1c(OC)cnn1C. The lowest BCUT2D eigenvalue weighted by Gasteiger charge is -2.21. The van der Waals surface area contributed by atoms with Crippen LogP contribution < -0.4 is 10.1 Å². The highest BCUT2D eigenvalue weighted by Crippen LogP contribution is 2.32. The van der Waals surface area contributed by atoms with E-state index in [9.17, 15) is 4.39 Å². The fraction of sp³-hybridized carbons (Fsp3) is 0.400. The molecule has 21 heavy (non-hydrogen) atoms. The topological polar surface area (TPSA) is 39.1 Å². The molecule has 0 radical (unpaired) electrons. The number of benzene rings is 1. The van der Waals surface area contributed by atoms with E-state index in [2.05, 4.69) is 33.3 Å². The molecule has 1 heterocycles. The van der Waals surface area contributed by atoms with Gasteiger partial charge in [0.1, 0.15) is 11.5 Å². The lowest BCUT2D eigenvalue weighted by molar-refractivity contribution is 0.399. The first-order valence-electron chi connectivity index (χ1n) is 6.83. The molecule has 4 nitrogen and oxygen atoms in total. The predicted molar refractivity (Wildman–Crippen MR) is 84.0 cm³/mol. The predicted octanol–water partition coefficient (Wildman–Crippen LogP) is 3.42. The van der Waals surface area contributed by atoms with Crippen LogP contribution in [-0.4, -0.2) is 23.4 Å². The molecule has 0 saturated carbocycles. The summed E-state index contributed by atoms with van der Waals surface area (Å²) in [4.78, 5) is 0. The zero-order valence-corrected chi connectivity index (χ0v) is 13.9. The van der Waals surface area contributed by atoms with E-state index >= 15 is 0 Å². The third kappa shape index (κ3) is 3.27. The van der Waals surface area contributed by atoms with Gasteiger partial charge in [-0.2, -0.15) is 5.10 Å². The van der Waals surface area contributed by atoms with Gasteiger partial charge in [-0.25, -0.2) is 4.39 Å². The number of ether oxygens (including phenoxy) is 1. The minimum Gasteiger partial charge on any atom is -0.493 e. The van der Waals surface area contributed by atoms with Crippen LogP contribution in [0.15, 0.2) is 28.9 Å². The van der Waals surface area contributed by atoms with Crippen LogP contribution in [0.2, 0.25) is 0 Å². The molecule has 2 aromatic rings. The second-order valence-electron chi connectivity index (χ2n) is 4.75. The van der Waals surface area contributed by atoms with E-state index in [-0.39, 0.29) is 11.9 Å². The highest BCUT2D eigenvalue weighted by atomic mass is 79.9. The maximum Gasteiger partial charge on any atom is 0.161 e. The fourth-order valence-electron chi connectivity index (χ4n) is 2.30. The number of hydrogen-bond acceptors (Lipinski definition) is 3. The van der Waals surface area contributed by atoms with Gasteiger partial charge in [0.05, 0.1) is 23.8 Å². The lowest BCUT2D eigenvalue weighted by atomic mass is 10.0. The molecule has 0 aliphatic heterocycles. The van der Waals surface area contributed by atoms with Gasteiger partial charge in [-0.3, -0.25) is 4.68 Å². The standard InChI is InChI=1S/C15H19BrFN3O/c1-4-8-18-14(10-6-5-7-11(16)13(10)17)15-12(21-3)9-19-20(15)2/h5-7,9,14,18H,4,8H2,1-3H3. The molecule has 0 aliphatic carbocycles. The van der Waals surface area contributed by atoms with Gasteiger partial charge in [-0.15, -0.1) is 0 Å². The van der Waals surface area contributed by atoms with Crippen LogP contribution >= 0.6 is 15.9 Å². The normalized spacial score (nSPS) is 12.4. The van der Waals surface area contributed by atoms with Crippen molar-refractivity contribution in [2.24, 2.45) is 7.05 Å². The Labute approximate surface area is 132 Å². The second kappa shape index (κ2) is 7.04. The van der Waals surface area contributed by atoms with Gasteiger partial charge in [0.25, 0.3) is 0 Å². The van der Waals surface area contributed by atoms with Crippen LogP contribution in [0.1, 0.15) is 30.6 Å². The molecule has 0 amide bonds. The van der Waals surface area contributed by atoms with Crippen molar-refractivity contribution in [2.45, 2.75) is 19.4 Å². The van der Waals surface area contributed by atoms with E-state index in [1.807, 2.05) is 13.1 Å². The minimum absolute atomic E-state index is 0.269. The molecule has 114 valence electrons. The second-order valence-corrected chi connectivity index (χ2v) is 5.61. The zero-order valence-electron chi connectivity index (χ0n) is 12.4. The Kier molecular flexibility index (Phi) is 5.36. The van der Waals surface area contributed by atoms with Crippen LogP contribution in [0.25, 0.3) is 0 Å². The summed E-state index contributed by atoms with van der Waals surface area (Å²) < 4.78 is 22.0. The monoisotopic (exact) mass is 355 g/mol. The number of hydrogen-bond donors (Lipinski definition) is 1. The Hall–Kier alpha value is -1.40. The summed E-state index contributed by atoms with van der Waals surface area (Å²) in [6, 6.07) is 4.98. The van der Waals surface area contributed by atoms with Gasteiger partial charge < -0.3 is 10.1 Å². The molecule has 1 N–H and O–H groups in total. The zero-order chi connectivity index (χ0) is 15.4. The summed E-state index contributed by atoms with van der Waals surface area (Å²) in [5, 5.41) is 7.58. The van der Waals surface area contributed by atoms with E-state index < -0.39 is 0 Å². The molecule has 6 heteroatoms. The highest BCUT2D eigenvalue weighted by Gasteiger charge is 2.25. The molecular weight excluding hydrogens is 337 g/mol. The number of nitrogens with zero attached hydrogens (tertiary/aromatic N) is 2. The number of methoxy groups -OCH3 is 1. The summed E-state index contributed by atoms with van der Waals surface area (Å²) >= 11 is 3.24. The Morgan fingerprint density at radius 2 is 2.24 bits per heavy atom. The van der Waals surface area contributed by atoms with Crippen LogP contribution in [0.5, 0.6) is 5.75 Å². The summed E-state index contributed by atoms with van der Waals surface area (Å²) in [7, 11) is 3.42. The van der Waals surface area contributed by atoms with Gasteiger partial charge in [0.15, 0.2) is 5.75 Å². The molecule has 2 rings (SSSR count). The average molecular weight is 356 g/mol. The third-order valence-corrected chi connectivity index (χ3v) is 3.95. The fourth-order valence-corrected chi connectivity index (χ4v) is 2.68. The molecule has 1 aromatic heterocycles. The van der Waals surface area contributed by atoms with Gasteiger partial charge >= 0.3 is 0 Å². The van der Waals surface area contributed by atoms with Gasteiger partial charge in [-0.1, -0.05) is 19.1 Å². The van der Waals surface area contributed by atoms with Crippen LogP contribution in [-0.2, 0) is 7.05 Å². The Morgan fingerprint density at radius 1 is 1.48 bits per heavy atom. The smallest absolute Gasteiger partial charge is 0.161 e. The van der Waals surface area contributed by atoms with E-state index in [0.717, 1.165) is 18.7 Å². The van der Waals surface area contributed by atoms with Gasteiger partial charge in [-0.05, 0) is 35.0 Å². The number of nitrogens with one attached hydrogen (secondary N) is 1. The first-order valence-corrected chi connectivity index (χ1v) is 7.62. The summed E-state index contributed by atoms with van der Waals surface area (Å²) in [5.41, 5.74) is 1.38. The van der Waals surface area contributed by atoms with Crippen molar-refractivity contribution in [1.82, 2.24) is 15.1 Å². The van der Waals surface area contributed by atoms with E-state index in [1.165, 1.54) is 0 Å². The maximum absolute atomic E-state index is 14.5. The summed E-state index contributed by atoms with van der Waals surface area (Å²) in [5.74, 6) is 0.375. The number of rotatable bonds is 6. The van der Waals surface area contributed by atoms with Crippen molar-refractivity contribution in [1.29, 1.82) is 0 Å². The minimum atomic E-state index is -0.315. The molecule has 0 fully saturated rings. The van der Waals surface area contributed by atoms with Crippen molar-refractivity contribution >= 4 is 15.9 Å². The first kappa shape index (κ1) is 16.0. The average Bonchev–Trinajstić information content (AvgIpc) is 2.85. The van der Waals surface area contributed by atoms with Gasteiger partial charge in [0, 0.05) is 12.6 Å². The third-order valence-electron chi connectivity index (χ3n) is 3.33. The van der Waals surface area contributed by atoms with Crippen molar-refractivity contribution in [2.75, 3.05) is 13.7 Å². The molecule has 0 saturated heterocycles. The van der Waals surface area contributed by atoms with E-state index in [4.69, 9.17) is 4.74 Å². The van der Waals surface area contributed by atoms with Gasteiger partial charge in [0.2, 0.25) is 0 Å². The molecule has 1 unspecified atom stereocenters. The molecule has 0 bridgehead atoms. The Morgan fingerprint density at radius 3 is 2.90 bits per heavy atom. The van der Waals surface area contributed by atoms with Crippen molar-refractivity contribution in [3.63, 3.8) is 0 Å². The van der Waals surface area contributed by atoms with Crippen molar-refractivity contribution in [3.05, 3.63) is 45.9 Å².